The Balaban J connectivity index is 1.85. The number of aromatic nitrogens is 2. The number of benzene rings is 2. The monoisotopic (exact) mass is 491 g/mol. The van der Waals surface area contributed by atoms with Crippen LogP contribution in [0.1, 0.15) is 59.6 Å². The molecule has 1 heterocycles. The number of carbonyl (C=O) groups excluding carboxylic acids is 1. The molecule has 0 atom stereocenters. The fourth-order valence-corrected chi connectivity index (χ4v) is 4.12. The summed E-state index contributed by atoms with van der Waals surface area (Å²) in [6.07, 6.45) is 0.716. The summed E-state index contributed by atoms with van der Waals surface area (Å²) in [6, 6.07) is 13.3. The maximum Gasteiger partial charge on any atom is 0.261 e. The largest absolute Gasteiger partial charge is 0.493 e. The number of para-hydroxylation sites is 1. The number of nitrogens with zero attached hydrogens (tertiary/aromatic N) is 3. The van der Waals surface area contributed by atoms with Gasteiger partial charge in [-0.3, -0.25) is 19.8 Å². The van der Waals surface area contributed by atoms with E-state index in [4.69, 9.17) is 14.5 Å². The molecule has 0 aliphatic rings. The lowest BCUT2D eigenvalue weighted by molar-refractivity contribution is 0.0973. The number of methoxy groups -OCH3 is 2. The Hall–Kier alpha value is -3.81. The molecule has 0 aliphatic carbocycles. The maximum absolute atomic E-state index is 13.2. The van der Waals surface area contributed by atoms with E-state index in [-0.39, 0.29) is 5.91 Å². The molecular weight excluding hydrogens is 454 g/mol. The maximum atomic E-state index is 13.2. The summed E-state index contributed by atoms with van der Waals surface area (Å²) in [5, 5.41) is 10.8. The zero-order valence-corrected chi connectivity index (χ0v) is 22.3. The number of amides is 1. The molecule has 2 N–H and O–H groups in total. The molecule has 0 bridgehead atoms. The molecule has 36 heavy (non-hydrogen) atoms. The Bertz CT molecular complexity index is 1210. The number of nitrogens with one attached hydrogen (secondary N) is 2. The van der Waals surface area contributed by atoms with Gasteiger partial charge in [0.1, 0.15) is 0 Å². The van der Waals surface area contributed by atoms with Gasteiger partial charge in [0.2, 0.25) is 5.96 Å². The Labute approximate surface area is 213 Å². The average molecular weight is 492 g/mol. The van der Waals surface area contributed by atoms with Crippen molar-refractivity contribution in [3.8, 4) is 11.5 Å². The van der Waals surface area contributed by atoms with Gasteiger partial charge in [-0.1, -0.05) is 32.0 Å². The second kappa shape index (κ2) is 12.2. The van der Waals surface area contributed by atoms with E-state index >= 15 is 0 Å². The predicted molar refractivity (Wildman–Crippen MR) is 145 cm³/mol. The second-order valence-electron chi connectivity index (χ2n) is 8.84. The van der Waals surface area contributed by atoms with Crippen LogP contribution in [0.3, 0.4) is 0 Å². The Morgan fingerprint density at radius 2 is 1.81 bits per heavy atom. The number of hydrogen-bond donors (Lipinski definition) is 2. The van der Waals surface area contributed by atoms with Crippen LogP contribution in [0.25, 0.3) is 0 Å². The normalized spacial score (nSPS) is 11.5. The summed E-state index contributed by atoms with van der Waals surface area (Å²) in [4.78, 5) is 18.0. The number of rotatable bonds is 9. The van der Waals surface area contributed by atoms with Crippen LogP contribution in [0.4, 0.5) is 5.69 Å². The third-order valence-corrected chi connectivity index (χ3v) is 6.18. The molecule has 1 amide bonds. The molecule has 1 aromatic heterocycles. The molecule has 0 spiro atoms. The molecular formula is C28H37N5O3. The molecule has 0 aliphatic heterocycles. The van der Waals surface area contributed by atoms with Gasteiger partial charge in [0, 0.05) is 24.5 Å². The molecule has 0 fully saturated rings. The number of aryl methyl sites for hydroxylation is 2. The van der Waals surface area contributed by atoms with Crippen LogP contribution < -0.4 is 20.1 Å². The first-order valence-corrected chi connectivity index (χ1v) is 12.3. The van der Waals surface area contributed by atoms with Crippen LogP contribution >= 0.6 is 0 Å². The molecule has 3 aromatic rings. The van der Waals surface area contributed by atoms with Crippen molar-refractivity contribution < 1.29 is 14.3 Å². The summed E-state index contributed by atoms with van der Waals surface area (Å²) in [7, 11) is 3.05. The van der Waals surface area contributed by atoms with Crippen LogP contribution in [-0.4, -0.2) is 42.4 Å². The van der Waals surface area contributed by atoms with Crippen molar-refractivity contribution in [2.24, 2.45) is 4.99 Å². The lowest BCUT2D eigenvalue weighted by atomic mass is 10.0. The van der Waals surface area contributed by atoms with Gasteiger partial charge >= 0.3 is 0 Å². The van der Waals surface area contributed by atoms with E-state index in [1.807, 2.05) is 23.7 Å². The average Bonchev–Trinajstić information content (AvgIpc) is 3.15. The molecule has 0 unspecified atom stereocenters. The van der Waals surface area contributed by atoms with Crippen molar-refractivity contribution in [2.75, 3.05) is 26.1 Å². The molecule has 8 heteroatoms. The van der Waals surface area contributed by atoms with Gasteiger partial charge in [0.05, 0.1) is 25.5 Å². The Kier molecular flexibility index (Phi) is 9.11. The Morgan fingerprint density at radius 1 is 1.08 bits per heavy atom. The summed E-state index contributed by atoms with van der Waals surface area (Å²) in [6.45, 7) is 11.8. The van der Waals surface area contributed by atoms with Crippen LogP contribution in [0, 0.1) is 13.8 Å². The number of guanidine groups is 1. The fourth-order valence-electron chi connectivity index (χ4n) is 4.12. The van der Waals surface area contributed by atoms with E-state index in [2.05, 4.69) is 55.6 Å². The van der Waals surface area contributed by atoms with E-state index in [1.54, 1.807) is 25.3 Å². The van der Waals surface area contributed by atoms with E-state index in [1.165, 1.54) is 18.2 Å². The third-order valence-electron chi connectivity index (χ3n) is 6.18. The molecule has 3 rings (SSSR count). The van der Waals surface area contributed by atoms with E-state index in [9.17, 15) is 4.79 Å². The van der Waals surface area contributed by atoms with Gasteiger partial charge in [0.25, 0.3) is 5.91 Å². The number of carbonyl (C=O) groups is 1. The highest BCUT2D eigenvalue weighted by atomic mass is 16.5. The zero-order chi connectivity index (χ0) is 26.2. The molecule has 0 radical (unpaired) electrons. The fraction of sp³-hybridized carbons (Fsp3) is 0.393. The highest BCUT2D eigenvalue weighted by molar-refractivity contribution is 6.11. The van der Waals surface area contributed by atoms with Crippen LogP contribution in [0.2, 0.25) is 0 Å². The minimum absolute atomic E-state index is 0.345. The first-order valence-electron chi connectivity index (χ1n) is 12.3. The third kappa shape index (κ3) is 6.24. The number of anilines is 1. The van der Waals surface area contributed by atoms with Crippen LogP contribution in [0.15, 0.2) is 47.5 Å². The van der Waals surface area contributed by atoms with Crippen LogP contribution in [-0.2, 0) is 13.0 Å². The van der Waals surface area contributed by atoms with Gasteiger partial charge < -0.3 is 14.8 Å². The summed E-state index contributed by atoms with van der Waals surface area (Å²) in [5.74, 6) is 1.31. The minimum atomic E-state index is -0.345. The highest BCUT2D eigenvalue weighted by Gasteiger charge is 2.18. The first-order chi connectivity index (χ1) is 17.3. The first kappa shape index (κ1) is 26.8. The van der Waals surface area contributed by atoms with Crippen molar-refractivity contribution in [1.29, 1.82) is 0 Å². The van der Waals surface area contributed by atoms with Gasteiger partial charge in [-0.05, 0) is 68.5 Å². The standard InChI is InChI=1S/C28H37N5O3/c1-8-33-20(5)23(19(4)32-33)16-17-29-28(30-22-14-12-21(13-15-22)18(2)3)31-27(34)24-10-9-11-25(35-6)26(24)36-7/h9-15,18H,8,16-17H2,1-7H3,(H2,29,30,31,34). The predicted octanol–water partition coefficient (Wildman–Crippen LogP) is 5.10. The van der Waals surface area contributed by atoms with Gasteiger partial charge in [-0.2, -0.15) is 5.10 Å². The smallest absolute Gasteiger partial charge is 0.261 e. The van der Waals surface area contributed by atoms with Crippen molar-refractivity contribution in [2.45, 2.75) is 53.5 Å². The molecule has 8 nitrogen and oxygen atoms in total. The zero-order valence-electron chi connectivity index (χ0n) is 22.3. The van der Waals surface area contributed by atoms with Crippen molar-refractivity contribution in [3.63, 3.8) is 0 Å². The van der Waals surface area contributed by atoms with Crippen molar-refractivity contribution in [1.82, 2.24) is 15.1 Å². The van der Waals surface area contributed by atoms with Gasteiger partial charge in [-0.15, -0.1) is 0 Å². The number of hydrogen-bond acceptors (Lipinski definition) is 5. The van der Waals surface area contributed by atoms with E-state index in [0.717, 1.165) is 23.6 Å². The Morgan fingerprint density at radius 3 is 2.39 bits per heavy atom. The SMILES string of the molecule is CCn1nc(C)c(CCN=C(NC(=O)c2cccc(OC)c2OC)Nc2ccc(C(C)C)cc2)c1C. The second-order valence-corrected chi connectivity index (χ2v) is 8.84. The lowest BCUT2D eigenvalue weighted by Gasteiger charge is -2.15. The molecule has 192 valence electrons. The van der Waals surface area contributed by atoms with E-state index < -0.39 is 0 Å². The minimum Gasteiger partial charge on any atom is -0.493 e. The topological polar surface area (TPSA) is 89.8 Å². The summed E-state index contributed by atoms with van der Waals surface area (Å²) in [5.41, 5.74) is 5.77. The summed E-state index contributed by atoms with van der Waals surface area (Å²) >= 11 is 0. The van der Waals surface area contributed by atoms with Gasteiger partial charge in [-0.25, -0.2) is 0 Å². The van der Waals surface area contributed by atoms with Gasteiger partial charge in [0.15, 0.2) is 11.5 Å². The summed E-state index contributed by atoms with van der Waals surface area (Å²) < 4.78 is 12.8. The number of ether oxygens (including phenoxy) is 2. The molecule has 0 saturated carbocycles. The van der Waals surface area contributed by atoms with Crippen LogP contribution in [0.5, 0.6) is 11.5 Å². The molecule has 0 saturated heterocycles. The highest BCUT2D eigenvalue weighted by Crippen LogP contribution is 2.30. The van der Waals surface area contributed by atoms with Crippen molar-refractivity contribution >= 4 is 17.6 Å². The quantitative estimate of drug-likeness (QED) is 0.321. The molecule has 2 aromatic carbocycles. The lowest BCUT2D eigenvalue weighted by Crippen LogP contribution is -2.36. The van der Waals surface area contributed by atoms with E-state index in [0.29, 0.717) is 41.9 Å². The number of aliphatic imine (C=N–C) groups is 1. The van der Waals surface area contributed by atoms with Crippen molar-refractivity contribution in [3.05, 3.63) is 70.5 Å².